The van der Waals surface area contributed by atoms with Gasteiger partial charge in [0.05, 0.1) is 6.04 Å². The van der Waals surface area contributed by atoms with Crippen molar-refractivity contribution in [3.63, 3.8) is 0 Å². The summed E-state index contributed by atoms with van der Waals surface area (Å²) in [6.45, 7) is 4.66. The van der Waals surface area contributed by atoms with Crippen molar-refractivity contribution in [2.24, 2.45) is 0 Å². The number of amides is 1. The molecular weight excluding hydrogens is 418 g/mol. The van der Waals surface area contributed by atoms with E-state index in [0.29, 0.717) is 29.4 Å². The van der Waals surface area contributed by atoms with Crippen molar-refractivity contribution in [3.05, 3.63) is 95.8 Å². The van der Waals surface area contributed by atoms with Crippen molar-refractivity contribution in [2.75, 3.05) is 5.32 Å². The Morgan fingerprint density at radius 1 is 0.909 bits per heavy atom. The van der Waals surface area contributed by atoms with Crippen LogP contribution in [0.1, 0.15) is 41.6 Å². The molecule has 1 heterocycles. The molecule has 33 heavy (non-hydrogen) atoms. The number of tetrazole rings is 1. The van der Waals surface area contributed by atoms with Crippen molar-refractivity contribution in [1.82, 2.24) is 20.2 Å². The second-order valence-corrected chi connectivity index (χ2v) is 7.70. The first-order chi connectivity index (χ1) is 16.1. The fourth-order valence-electron chi connectivity index (χ4n) is 3.18. The van der Waals surface area contributed by atoms with E-state index in [1.165, 1.54) is 0 Å². The van der Waals surface area contributed by atoms with Crippen LogP contribution in [0.5, 0.6) is 11.5 Å². The molecule has 0 aliphatic carbocycles. The lowest BCUT2D eigenvalue weighted by Gasteiger charge is -2.10. The molecular formula is C25H25N5O3. The monoisotopic (exact) mass is 443 g/mol. The summed E-state index contributed by atoms with van der Waals surface area (Å²) < 4.78 is 13.3. The summed E-state index contributed by atoms with van der Waals surface area (Å²) in [4.78, 5) is 12.7. The average molecular weight is 444 g/mol. The van der Waals surface area contributed by atoms with Crippen LogP contribution in [0.15, 0.2) is 78.9 Å². The normalized spacial score (nSPS) is 10.8. The molecule has 0 atom stereocenters. The number of carbonyl (C=O) groups excluding carboxylic acids is 1. The third kappa shape index (κ3) is 5.94. The first kappa shape index (κ1) is 22.0. The number of aromatic nitrogens is 4. The molecule has 168 valence electrons. The van der Waals surface area contributed by atoms with Gasteiger partial charge in [-0.2, -0.15) is 0 Å². The molecule has 0 radical (unpaired) electrons. The van der Waals surface area contributed by atoms with Crippen LogP contribution < -0.4 is 14.8 Å². The van der Waals surface area contributed by atoms with Crippen LogP contribution in [0.3, 0.4) is 0 Å². The fourth-order valence-corrected chi connectivity index (χ4v) is 3.18. The molecule has 0 aliphatic heterocycles. The zero-order valence-corrected chi connectivity index (χ0v) is 18.5. The van der Waals surface area contributed by atoms with Crippen LogP contribution in [0.25, 0.3) is 0 Å². The minimum Gasteiger partial charge on any atom is -0.489 e. The number of hydrogen-bond acceptors (Lipinski definition) is 6. The molecule has 4 aromatic rings. The van der Waals surface area contributed by atoms with Crippen LogP contribution in [0.4, 0.5) is 5.69 Å². The van der Waals surface area contributed by atoms with Crippen molar-refractivity contribution in [2.45, 2.75) is 33.1 Å². The van der Waals surface area contributed by atoms with Crippen LogP contribution in [0.2, 0.25) is 0 Å². The van der Waals surface area contributed by atoms with Crippen molar-refractivity contribution < 1.29 is 14.3 Å². The van der Waals surface area contributed by atoms with E-state index in [1.807, 2.05) is 68.4 Å². The third-order valence-corrected chi connectivity index (χ3v) is 4.87. The fraction of sp³-hybridized carbons (Fsp3) is 0.200. The number of carbonyl (C=O) groups is 1. The van der Waals surface area contributed by atoms with E-state index in [-0.39, 0.29) is 18.6 Å². The Labute approximate surface area is 192 Å². The molecule has 3 aromatic carbocycles. The van der Waals surface area contributed by atoms with Crippen LogP contribution in [0, 0.1) is 0 Å². The maximum atomic E-state index is 12.7. The Morgan fingerprint density at radius 2 is 1.64 bits per heavy atom. The molecule has 8 heteroatoms. The maximum absolute atomic E-state index is 12.7. The Hall–Kier alpha value is -4.20. The van der Waals surface area contributed by atoms with E-state index in [0.717, 1.165) is 11.3 Å². The summed E-state index contributed by atoms with van der Waals surface area (Å²) in [5.41, 5.74) is 2.19. The molecule has 1 aromatic heterocycles. The summed E-state index contributed by atoms with van der Waals surface area (Å²) >= 11 is 0. The molecule has 0 saturated carbocycles. The average Bonchev–Trinajstić information content (AvgIpc) is 3.32. The second-order valence-electron chi connectivity index (χ2n) is 7.70. The van der Waals surface area contributed by atoms with Gasteiger partial charge in [-0.1, -0.05) is 30.3 Å². The molecule has 8 nitrogen and oxygen atoms in total. The number of anilines is 1. The van der Waals surface area contributed by atoms with Crippen molar-refractivity contribution in [3.8, 4) is 11.5 Å². The summed E-state index contributed by atoms with van der Waals surface area (Å²) in [5.74, 6) is 1.87. The van der Waals surface area contributed by atoms with Crippen LogP contribution >= 0.6 is 0 Å². The minimum absolute atomic E-state index is 0.146. The lowest BCUT2D eigenvalue weighted by molar-refractivity contribution is 0.102. The topological polar surface area (TPSA) is 91.2 Å². The van der Waals surface area contributed by atoms with Gasteiger partial charge in [0, 0.05) is 11.3 Å². The van der Waals surface area contributed by atoms with Gasteiger partial charge in [-0.15, -0.1) is 5.10 Å². The Balaban J connectivity index is 1.32. The Morgan fingerprint density at radius 3 is 2.39 bits per heavy atom. The third-order valence-electron chi connectivity index (χ3n) is 4.87. The lowest BCUT2D eigenvalue weighted by atomic mass is 10.1. The molecule has 4 rings (SSSR count). The molecule has 0 unspecified atom stereocenters. The van der Waals surface area contributed by atoms with Gasteiger partial charge in [-0.05, 0) is 78.4 Å². The summed E-state index contributed by atoms with van der Waals surface area (Å²) in [5, 5.41) is 14.6. The zero-order valence-electron chi connectivity index (χ0n) is 18.5. The number of hydrogen-bond donors (Lipinski definition) is 1. The molecule has 0 aliphatic rings. The van der Waals surface area contributed by atoms with Crippen LogP contribution in [-0.4, -0.2) is 26.1 Å². The SMILES string of the molecule is CC(C)n1nnnc1COc1ccc(C(=O)Nc2cccc(COc3ccccc3)c2)cc1. The lowest BCUT2D eigenvalue weighted by Crippen LogP contribution is -2.12. The summed E-state index contributed by atoms with van der Waals surface area (Å²) in [6, 6.07) is 24.3. The van der Waals surface area contributed by atoms with E-state index < -0.39 is 0 Å². The van der Waals surface area contributed by atoms with Crippen molar-refractivity contribution in [1.29, 1.82) is 0 Å². The molecule has 0 spiro atoms. The quantitative estimate of drug-likeness (QED) is 0.404. The standard InChI is InChI=1S/C25H25N5O3/c1-18(2)30-24(27-28-29-30)17-33-23-13-11-20(12-14-23)25(31)26-21-8-6-7-19(15-21)16-32-22-9-4-3-5-10-22/h3-15,18H,16-17H2,1-2H3,(H,26,31). The smallest absolute Gasteiger partial charge is 0.255 e. The summed E-state index contributed by atoms with van der Waals surface area (Å²) in [7, 11) is 0. The van der Waals surface area contributed by atoms with E-state index in [4.69, 9.17) is 9.47 Å². The highest BCUT2D eigenvalue weighted by atomic mass is 16.5. The zero-order chi connectivity index (χ0) is 23.0. The number of nitrogens with one attached hydrogen (secondary N) is 1. The molecule has 0 fully saturated rings. The predicted molar refractivity (Wildman–Crippen MR) is 124 cm³/mol. The van der Waals surface area contributed by atoms with Gasteiger partial charge in [0.2, 0.25) is 0 Å². The predicted octanol–water partition coefficient (Wildman–Crippen LogP) is 4.66. The highest BCUT2D eigenvalue weighted by Gasteiger charge is 2.11. The number of ether oxygens (including phenoxy) is 2. The van der Waals surface area contributed by atoms with Gasteiger partial charge >= 0.3 is 0 Å². The maximum Gasteiger partial charge on any atom is 0.255 e. The first-order valence-electron chi connectivity index (χ1n) is 10.7. The van der Waals surface area contributed by atoms with Gasteiger partial charge < -0.3 is 14.8 Å². The number of benzene rings is 3. The van der Waals surface area contributed by atoms with E-state index in [9.17, 15) is 4.79 Å². The number of para-hydroxylation sites is 1. The first-order valence-corrected chi connectivity index (χ1v) is 10.7. The number of rotatable bonds is 9. The van der Waals surface area contributed by atoms with Crippen molar-refractivity contribution >= 4 is 11.6 Å². The van der Waals surface area contributed by atoms with Gasteiger partial charge in [0.15, 0.2) is 5.82 Å². The molecule has 0 bridgehead atoms. The van der Waals surface area contributed by atoms with E-state index in [2.05, 4.69) is 20.8 Å². The van der Waals surface area contributed by atoms with Gasteiger partial charge in [0.1, 0.15) is 24.7 Å². The molecule has 1 N–H and O–H groups in total. The summed E-state index contributed by atoms with van der Waals surface area (Å²) in [6.07, 6.45) is 0. The van der Waals surface area contributed by atoms with Crippen LogP contribution in [-0.2, 0) is 13.2 Å². The number of nitrogens with zero attached hydrogens (tertiary/aromatic N) is 4. The Kier molecular flexibility index (Phi) is 6.94. The molecule has 0 saturated heterocycles. The van der Waals surface area contributed by atoms with Gasteiger partial charge in [0.25, 0.3) is 5.91 Å². The van der Waals surface area contributed by atoms with Gasteiger partial charge in [-0.25, -0.2) is 4.68 Å². The molecule has 1 amide bonds. The Bertz CT molecular complexity index is 1190. The van der Waals surface area contributed by atoms with Gasteiger partial charge in [-0.3, -0.25) is 4.79 Å². The van der Waals surface area contributed by atoms with E-state index >= 15 is 0 Å². The highest BCUT2D eigenvalue weighted by molar-refractivity contribution is 6.04. The second kappa shape index (κ2) is 10.4. The van der Waals surface area contributed by atoms with E-state index in [1.54, 1.807) is 28.9 Å². The largest absolute Gasteiger partial charge is 0.489 e. The minimum atomic E-state index is -0.202. The highest BCUT2D eigenvalue weighted by Crippen LogP contribution is 2.18.